The van der Waals surface area contributed by atoms with Crippen LogP contribution < -0.4 is 10.1 Å². The average Bonchev–Trinajstić information content (AvgIpc) is 2.49. The van der Waals surface area contributed by atoms with E-state index >= 15 is 0 Å². The second kappa shape index (κ2) is 6.15. The maximum Gasteiger partial charge on any atom is 0.124 e. The molecule has 2 atom stereocenters. The molecular weight excluding hydrogens is 248 g/mol. The van der Waals surface area contributed by atoms with Crippen molar-refractivity contribution < 1.29 is 4.74 Å². The first-order valence-corrected chi connectivity index (χ1v) is 7.98. The van der Waals surface area contributed by atoms with E-state index in [0.717, 1.165) is 18.3 Å². The molecule has 1 aromatic carbocycles. The monoisotopic (exact) mass is 274 g/mol. The molecule has 3 heterocycles. The number of hydrogen-bond donors (Lipinski definition) is 1. The zero-order chi connectivity index (χ0) is 13.9. The van der Waals surface area contributed by atoms with E-state index in [1.165, 1.54) is 38.0 Å². The van der Waals surface area contributed by atoms with Crippen molar-refractivity contribution in [2.24, 2.45) is 5.92 Å². The number of rotatable bonds is 5. The van der Waals surface area contributed by atoms with Gasteiger partial charge in [-0.15, -0.1) is 0 Å². The molecule has 2 unspecified atom stereocenters. The number of nitrogens with zero attached hydrogens (tertiary/aromatic N) is 1. The fourth-order valence-electron chi connectivity index (χ4n) is 3.69. The highest BCUT2D eigenvalue weighted by atomic mass is 16.5. The molecule has 3 aliphatic rings. The van der Waals surface area contributed by atoms with Gasteiger partial charge in [-0.2, -0.15) is 0 Å². The molecule has 3 saturated heterocycles. The molecule has 3 heteroatoms. The molecule has 1 aromatic rings. The van der Waals surface area contributed by atoms with Gasteiger partial charge >= 0.3 is 0 Å². The minimum atomic E-state index is 0.350. The number of piperidine rings is 3. The molecule has 110 valence electrons. The van der Waals surface area contributed by atoms with E-state index in [-0.39, 0.29) is 0 Å². The Morgan fingerprint density at radius 1 is 1.30 bits per heavy atom. The highest BCUT2D eigenvalue weighted by molar-refractivity contribution is 5.35. The molecule has 20 heavy (non-hydrogen) atoms. The highest BCUT2D eigenvalue weighted by Crippen LogP contribution is 2.31. The fourth-order valence-corrected chi connectivity index (χ4v) is 3.69. The molecule has 3 nitrogen and oxygen atoms in total. The van der Waals surface area contributed by atoms with Crippen LogP contribution in [0.5, 0.6) is 5.75 Å². The molecule has 0 saturated carbocycles. The zero-order valence-corrected chi connectivity index (χ0v) is 12.6. The summed E-state index contributed by atoms with van der Waals surface area (Å²) in [4.78, 5) is 2.60. The van der Waals surface area contributed by atoms with Crippen LogP contribution in [-0.2, 0) is 0 Å². The Morgan fingerprint density at radius 3 is 2.70 bits per heavy atom. The Morgan fingerprint density at radius 2 is 2.05 bits per heavy atom. The molecule has 3 aliphatic heterocycles. The minimum Gasteiger partial charge on any atom is -0.494 e. The summed E-state index contributed by atoms with van der Waals surface area (Å²) in [6, 6.07) is 9.41. The zero-order valence-electron chi connectivity index (χ0n) is 12.6. The van der Waals surface area contributed by atoms with Crippen molar-refractivity contribution in [3.05, 3.63) is 29.8 Å². The van der Waals surface area contributed by atoms with Crippen LogP contribution in [0.4, 0.5) is 0 Å². The van der Waals surface area contributed by atoms with Gasteiger partial charge in [0.15, 0.2) is 0 Å². The number of benzene rings is 1. The van der Waals surface area contributed by atoms with Gasteiger partial charge < -0.3 is 15.0 Å². The molecule has 0 aromatic heterocycles. The molecular formula is C17H26N2O. The second-order valence-corrected chi connectivity index (χ2v) is 6.10. The van der Waals surface area contributed by atoms with E-state index in [1.807, 2.05) is 6.92 Å². The lowest BCUT2D eigenvalue weighted by molar-refractivity contribution is 0.0678. The molecule has 3 fully saturated rings. The number of para-hydroxylation sites is 1. The van der Waals surface area contributed by atoms with E-state index in [4.69, 9.17) is 4.74 Å². The normalized spacial score (nSPS) is 30.2. The Balaban J connectivity index is 1.68. The van der Waals surface area contributed by atoms with E-state index in [9.17, 15) is 0 Å². The SMILES string of the molecule is CCOc1ccccc1C(C)NC1CN2CCC1CC2. The van der Waals surface area contributed by atoms with Gasteiger partial charge in [0.1, 0.15) is 5.75 Å². The molecule has 1 N–H and O–H groups in total. The maximum absolute atomic E-state index is 5.76. The van der Waals surface area contributed by atoms with E-state index < -0.39 is 0 Å². The number of nitrogens with one attached hydrogen (secondary N) is 1. The Hall–Kier alpha value is -1.06. The smallest absolute Gasteiger partial charge is 0.124 e. The summed E-state index contributed by atoms with van der Waals surface area (Å²) >= 11 is 0. The van der Waals surface area contributed by atoms with Crippen LogP contribution in [0.1, 0.15) is 38.3 Å². The molecule has 4 rings (SSSR count). The van der Waals surface area contributed by atoms with Crippen molar-refractivity contribution in [2.75, 3.05) is 26.2 Å². The van der Waals surface area contributed by atoms with Crippen molar-refractivity contribution in [1.82, 2.24) is 10.2 Å². The van der Waals surface area contributed by atoms with Crippen molar-refractivity contribution in [3.8, 4) is 5.75 Å². The minimum absolute atomic E-state index is 0.350. The fraction of sp³-hybridized carbons (Fsp3) is 0.647. The lowest BCUT2D eigenvalue weighted by Crippen LogP contribution is -2.56. The van der Waals surface area contributed by atoms with Gasteiger partial charge in [-0.05, 0) is 51.8 Å². The lowest BCUT2D eigenvalue weighted by Gasteiger charge is -2.46. The Bertz CT molecular complexity index is 440. The van der Waals surface area contributed by atoms with E-state index in [0.29, 0.717) is 12.1 Å². The number of ether oxygens (including phenoxy) is 1. The summed E-state index contributed by atoms with van der Waals surface area (Å²) in [5.41, 5.74) is 1.28. The molecule has 0 spiro atoms. The summed E-state index contributed by atoms with van der Waals surface area (Å²) in [7, 11) is 0. The Kier molecular flexibility index (Phi) is 4.27. The van der Waals surface area contributed by atoms with E-state index in [1.54, 1.807) is 0 Å². The van der Waals surface area contributed by atoms with Gasteiger partial charge in [0.05, 0.1) is 6.61 Å². The van der Waals surface area contributed by atoms with Crippen LogP contribution in [0, 0.1) is 5.92 Å². The van der Waals surface area contributed by atoms with Gasteiger partial charge in [-0.25, -0.2) is 0 Å². The van der Waals surface area contributed by atoms with Crippen LogP contribution in [-0.4, -0.2) is 37.2 Å². The van der Waals surface area contributed by atoms with Crippen molar-refractivity contribution in [3.63, 3.8) is 0 Å². The summed E-state index contributed by atoms with van der Waals surface area (Å²) < 4.78 is 5.76. The van der Waals surface area contributed by atoms with E-state index in [2.05, 4.69) is 41.4 Å². The van der Waals surface area contributed by atoms with Crippen molar-refractivity contribution >= 4 is 0 Å². The summed E-state index contributed by atoms with van der Waals surface area (Å²) in [6.45, 7) is 8.84. The van der Waals surface area contributed by atoms with Crippen LogP contribution >= 0.6 is 0 Å². The van der Waals surface area contributed by atoms with Gasteiger partial charge in [-0.1, -0.05) is 18.2 Å². The predicted octanol–water partition coefficient (Wildman–Crippen LogP) is 2.83. The predicted molar refractivity (Wildman–Crippen MR) is 82.1 cm³/mol. The van der Waals surface area contributed by atoms with Crippen LogP contribution in [0.15, 0.2) is 24.3 Å². The molecule has 0 amide bonds. The molecule has 0 radical (unpaired) electrons. The Labute approximate surface area is 122 Å². The summed E-state index contributed by atoms with van der Waals surface area (Å²) in [5.74, 6) is 1.89. The first kappa shape index (κ1) is 13.9. The van der Waals surface area contributed by atoms with Crippen LogP contribution in [0.3, 0.4) is 0 Å². The van der Waals surface area contributed by atoms with Gasteiger partial charge in [0.2, 0.25) is 0 Å². The summed E-state index contributed by atoms with van der Waals surface area (Å²) in [6.07, 6.45) is 2.72. The average molecular weight is 274 g/mol. The lowest BCUT2D eigenvalue weighted by atomic mass is 9.83. The third kappa shape index (κ3) is 2.84. The third-order valence-electron chi connectivity index (χ3n) is 4.81. The number of hydrogen-bond acceptors (Lipinski definition) is 3. The number of fused-ring (bicyclic) bond motifs is 3. The largest absolute Gasteiger partial charge is 0.494 e. The topological polar surface area (TPSA) is 24.5 Å². The van der Waals surface area contributed by atoms with Crippen LogP contribution in [0.2, 0.25) is 0 Å². The second-order valence-electron chi connectivity index (χ2n) is 6.10. The third-order valence-corrected chi connectivity index (χ3v) is 4.81. The van der Waals surface area contributed by atoms with Crippen molar-refractivity contribution in [2.45, 2.75) is 38.8 Å². The van der Waals surface area contributed by atoms with Gasteiger partial charge in [0, 0.05) is 24.2 Å². The quantitative estimate of drug-likeness (QED) is 0.893. The molecule has 2 bridgehead atoms. The standard InChI is InChI=1S/C17H26N2O/c1-3-20-17-7-5-4-6-15(17)13(2)18-16-12-19-10-8-14(16)9-11-19/h4-7,13-14,16,18H,3,8-12H2,1-2H3. The van der Waals surface area contributed by atoms with Crippen LogP contribution in [0.25, 0.3) is 0 Å². The van der Waals surface area contributed by atoms with Gasteiger partial charge in [0.25, 0.3) is 0 Å². The van der Waals surface area contributed by atoms with Crippen molar-refractivity contribution in [1.29, 1.82) is 0 Å². The molecule has 0 aliphatic carbocycles. The first-order valence-electron chi connectivity index (χ1n) is 7.98. The highest BCUT2D eigenvalue weighted by Gasteiger charge is 2.34. The first-order chi connectivity index (χ1) is 9.78. The van der Waals surface area contributed by atoms with Gasteiger partial charge in [-0.3, -0.25) is 0 Å². The maximum atomic E-state index is 5.76. The summed E-state index contributed by atoms with van der Waals surface area (Å²) in [5, 5.41) is 3.84.